The summed E-state index contributed by atoms with van der Waals surface area (Å²) in [6, 6.07) is 6.00. The lowest BCUT2D eigenvalue weighted by atomic mass is 9.85. The molecule has 0 saturated heterocycles. The first kappa shape index (κ1) is 20.3. The molecule has 7 heteroatoms. The molecule has 1 fully saturated rings. The van der Waals surface area contributed by atoms with Crippen molar-refractivity contribution in [3.8, 4) is 11.5 Å². The molecule has 0 atom stereocenters. The molecule has 0 bridgehead atoms. The average molecular weight is 389 g/mol. The number of nitrogens with one attached hydrogen (secondary N) is 1. The van der Waals surface area contributed by atoms with Crippen molar-refractivity contribution >= 4 is 11.9 Å². The Hall–Kier alpha value is -2.44. The van der Waals surface area contributed by atoms with E-state index in [1.54, 1.807) is 4.90 Å². The van der Waals surface area contributed by atoms with Crippen molar-refractivity contribution in [3.63, 3.8) is 0 Å². The number of nitrogens with zero attached hydrogens (tertiary/aromatic N) is 3. The van der Waals surface area contributed by atoms with Crippen LogP contribution in [-0.4, -0.2) is 62.7 Å². The number of benzene rings is 1. The van der Waals surface area contributed by atoms with Gasteiger partial charge in [0, 0.05) is 34.2 Å². The summed E-state index contributed by atoms with van der Waals surface area (Å²) < 4.78 is 10.9. The van der Waals surface area contributed by atoms with Crippen molar-refractivity contribution in [2.24, 2.45) is 10.4 Å². The van der Waals surface area contributed by atoms with Crippen LogP contribution in [0, 0.1) is 5.41 Å². The van der Waals surface area contributed by atoms with E-state index >= 15 is 0 Å². The zero-order valence-electron chi connectivity index (χ0n) is 17.5. The Morgan fingerprint density at radius 2 is 1.89 bits per heavy atom. The van der Waals surface area contributed by atoms with E-state index in [2.05, 4.69) is 17.1 Å². The molecule has 1 aromatic rings. The first-order chi connectivity index (χ1) is 13.4. The molecule has 0 unspecified atom stereocenters. The SMILES string of the molecule is CCNC(=NCC1(C(=O)N(C)C)CCCC1)N(C)Cc1ccc2c(c1)OCO2. The average Bonchev–Trinajstić information content (AvgIpc) is 3.34. The van der Waals surface area contributed by atoms with Gasteiger partial charge < -0.3 is 24.6 Å². The number of guanidine groups is 1. The molecule has 0 spiro atoms. The van der Waals surface area contributed by atoms with Crippen LogP contribution in [0.1, 0.15) is 38.2 Å². The Morgan fingerprint density at radius 3 is 2.57 bits per heavy atom. The lowest BCUT2D eigenvalue weighted by molar-refractivity contribution is -0.138. The second kappa shape index (κ2) is 8.71. The van der Waals surface area contributed by atoms with E-state index in [1.165, 1.54) is 0 Å². The second-order valence-electron chi connectivity index (χ2n) is 7.90. The van der Waals surface area contributed by atoms with Gasteiger partial charge in [0.1, 0.15) is 0 Å². The molecule has 1 saturated carbocycles. The highest BCUT2D eigenvalue weighted by Gasteiger charge is 2.42. The van der Waals surface area contributed by atoms with E-state index < -0.39 is 0 Å². The van der Waals surface area contributed by atoms with Gasteiger partial charge in [-0.05, 0) is 37.5 Å². The molecule has 3 rings (SSSR count). The van der Waals surface area contributed by atoms with Crippen LogP contribution in [0.15, 0.2) is 23.2 Å². The molecule has 0 radical (unpaired) electrons. The molecule has 1 heterocycles. The Labute approximate surface area is 167 Å². The minimum absolute atomic E-state index is 0.197. The van der Waals surface area contributed by atoms with Gasteiger partial charge in [-0.1, -0.05) is 18.9 Å². The van der Waals surface area contributed by atoms with Crippen molar-refractivity contribution in [3.05, 3.63) is 23.8 Å². The lowest BCUT2D eigenvalue weighted by Crippen LogP contribution is -2.43. The first-order valence-electron chi connectivity index (χ1n) is 10.0. The van der Waals surface area contributed by atoms with Crippen molar-refractivity contribution in [2.75, 3.05) is 41.0 Å². The summed E-state index contributed by atoms with van der Waals surface area (Å²) in [6.07, 6.45) is 4.02. The highest BCUT2D eigenvalue weighted by molar-refractivity contribution is 5.84. The number of aliphatic imine (C=N–C) groups is 1. The van der Waals surface area contributed by atoms with Crippen molar-refractivity contribution in [1.82, 2.24) is 15.1 Å². The summed E-state index contributed by atoms with van der Waals surface area (Å²) in [6.45, 7) is 4.33. The van der Waals surface area contributed by atoms with Gasteiger partial charge in [0.05, 0.1) is 12.0 Å². The highest BCUT2D eigenvalue weighted by Crippen LogP contribution is 2.40. The Balaban J connectivity index is 1.73. The summed E-state index contributed by atoms with van der Waals surface area (Å²) in [5.41, 5.74) is 0.765. The van der Waals surface area contributed by atoms with Gasteiger partial charge in [-0.25, -0.2) is 0 Å². The summed E-state index contributed by atoms with van der Waals surface area (Å²) >= 11 is 0. The maximum Gasteiger partial charge on any atom is 0.231 e. The van der Waals surface area contributed by atoms with Gasteiger partial charge in [0.25, 0.3) is 0 Å². The number of carbonyl (C=O) groups is 1. The minimum atomic E-state index is -0.357. The molecule has 154 valence electrons. The number of amides is 1. The fourth-order valence-electron chi connectivity index (χ4n) is 4.05. The Kier molecular flexibility index (Phi) is 6.31. The third-order valence-electron chi connectivity index (χ3n) is 5.51. The number of hydrogen-bond acceptors (Lipinski definition) is 4. The number of hydrogen-bond donors (Lipinski definition) is 1. The van der Waals surface area contributed by atoms with E-state index in [0.717, 1.165) is 55.3 Å². The zero-order valence-corrected chi connectivity index (χ0v) is 17.5. The minimum Gasteiger partial charge on any atom is -0.454 e. The van der Waals surface area contributed by atoms with Crippen LogP contribution in [0.5, 0.6) is 11.5 Å². The van der Waals surface area contributed by atoms with Gasteiger partial charge in [0.2, 0.25) is 12.7 Å². The van der Waals surface area contributed by atoms with Gasteiger partial charge >= 0.3 is 0 Å². The van der Waals surface area contributed by atoms with Crippen LogP contribution in [0.25, 0.3) is 0 Å². The normalized spacial score (nSPS) is 17.5. The molecule has 1 aromatic carbocycles. The van der Waals surface area contributed by atoms with E-state index in [9.17, 15) is 4.79 Å². The number of carbonyl (C=O) groups excluding carboxylic acids is 1. The third kappa shape index (κ3) is 4.34. The fraction of sp³-hybridized carbons (Fsp3) is 0.619. The molecule has 28 heavy (non-hydrogen) atoms. The van der Waals surface area contributed by atoms with Crippen LogP contribution in [0.2, 0.25) is 0 Å². The van der Waals surface area contributed by atoms with E-state index in [4.69, 9.17) is 14.5 Å². The molecule has 0 aromatic heterocycles. The summed E-state index contributed by atoms with van der Waals surface area (Å²) in [5.74, 6) is 2.59. The highest BCUT2D eigenvalue weighted by atomic mass is 16.7. The standard InChI is InChI=1S/C21H32N4O3/c1-5-22-20(23-14-21(10-6-7-11-21)19(26)24(2)3)25(4)13-16-8-9-17-18(12-16)28-15-27-17/h8-9,12H,5-7,10-11,13-15H2,1-4H3,(H,22,23). The molecule has 1 amide bonds. The Morgan fingerprint density at radius 1 is 1.18 bits per heavy atom. The number of ether oxygens (including phenoxy) is 2. The Bertz CT molecular complexity index is 726. The predicted octanol–water partition coefficient (Wildman–Crippen LogP) is 2.46. The van der Waals surface area contributed by atoms with Crippen LogP contribution >= 0.6 is 0 Å². The molecule has 7 nitrogen and oxygen atoms in total. The monoisotopic (exact) mass is 388 g/mol. The van der Waals surface area contributed by atoms with Crippen molar-refractivity contribution < 1.29 is 14.3 Å². The summed E-state index contributed by atoms with van der Waals surface area (Å²) in [5, 5.41) is 3.36. The first-order valence-corrected chi connectivity index (χ1v) is 10.0. The fourth-order valence-corrected chi connectivity index (χ4v) is 4.05. The maximum atomic E-state index is 12.8. The number of fused-ring (bicyclic) bond motifs is 1. The van der Waals surface area contributed by atoms with Gasteiger partial charge in [-0.15, -0.1) is 0 Å². The van der Waals surface area contributed by atoms with Crippen LogP contribution < -0.4 is 14.8 Å². The van der Waals surface area contributed by atoms with E-state index in [1.807, 2.05) is 39.3 Å². The largest absolute Gasteiger partial charge is 0.454 e. The van der Waals surface area contributed by atoms with Crippen LogP contribution in [-0.2, 0) is 11.3 Å². The smallest absolute Gasteiger partial charge is 0.231 e. The predicted molar refractivity (Wildman–Crippen MR) is 110 cm³/mol. The lowest BCUT2D eigenvalue weighted by Gasteiger charge is -2.30. The summed E-state index contributed by atoms with van der Waals surface area (Å²) in [4.78, 5) is 21.5. The molecule has 1 aliphatic heterocycles. The van der Waals surface area contributed by atoms with Crippen molar-refractivity contribution in [1.29, 1.82) is 0 Å². The number of rotatable bonds is 6. The zero-order chi connectivity index (χ0) is 20.1. The van der Waals surface area contributed by atoms with Gasteiger partial charge in [-0.3, -0.25) is 9.79 Å². The van der Waals surface area contributed by atoms with E-state index in [-0.39, 0.29) is 18.1 Å². The van der Waals surface area contributed by atoms with Gasteiger partial charge in [0.15, 0.2) is 17.5 Å². The molecule has 1 aliphatic carbocycles. The van der Waals surface area contributed by atoms with E-state index in [0.29, 0.717) is 13.1 Å². The van der Waals surface area contributed by atoms with Crippen LogP contribution in [0.4, 0.5) is 0 Å². The molecule has 1 N–H and O–H groups in total. The van der Waals surface area contributed by atoms with Gasteiger partial charge in [-0.2, -0.15) is 0 Å². The quantitative estimate of drug-likeness (QED) is 0.599. The molecule has 2 aliphatic rings. The van der Waals surface area contributed by atoms with Crippen molar-refractivity contribution in [2.45, 2.75) is 39.2 Å². The second-order valence-corrected chi connectivity index (χ2v) is 7.90. The molecular weight excluding hydrogens is 356 g/mol. The molecular formula is C21H32N4O3. The third-order valence-corrected chi connectivity index (χ3v) is 5.51. The maximum absolute atomic E-state index is 12.8. The topological polar surface area (TPSA) is 66.4 Å². The van der Waals surface area contributed by atoms with Crippen LogP contribution in [0.3, 0.4) is 0 Å². The summed E-state index contributed by atoms with van der Waals surface area (Å²) in [7, 11) is 5.69.